The average molecular weight is 184 g/mol. The van der Waals surface area contributed by atoms with Crippen LogP contribution in [0, 0.1) is 0 Å². The zero-order valence-corrected chi connectivity index (χ0v) is 7.04. The second-order valence-electron chi connectivity index (χ2n) is 2.48. The van der Waals surface area contributed by atoms with Crippen molar-refractivity contribution < 1.29 is 13.5 Å². The molecular formula is C10H10F2O. The fourth-order valence-corrected chi connectivity index (χ4v) is 0.859. The van der Waals surface area contributed by atoms with Crippen molar-refractivity contribution in [2.24, 2.45) is 0 Å². The summed E-state index contributed by atoms with van der Waals surface area (Å²) in [6.07, 6.45) is -0.754. The highest BCUT2D eigenvalue weighted by Crippen LogP contribution is 2.13. The summed E-state index contributed by atoms with van der Waals surface area (Å²) in [5, 5.41) is 0. The molecule has 1 nitrogen and oxygen atoms in total. The van der Waals surface area contributed by atoms with Crippen LogP contribution in [0.4, 0.5) is 8.78 Å². The first-order chi connectivity index (χ1) is 6.22. The van der Waals surface area contributed by atoms with E-state index in [-0.39, 0.29) is 0 Å². The Labute approximate surface area is 75.6 Å². The molecule has 0 aromatic heterocycles. The quantitative estimate of drug-likeness (QED) is 0.699. The Morgan fingerprint density at radius 1 is 1.31 bits per heavy atom. The summed E-state index contributed by atoms with van der Waals surface area (Å²) in [5.41, 5.74) is 0.935. The highest BCUT2D eigenvalue weighted by Gasteiger charge is 2.02. The van der Waals surface area contributed by atoms with E-state index < -0.39 is 13.0 Å². The lowest BCUT2D eigenvalue weighted by Crippen LogP contribution is -2.06. The summed E-state index contributed by atoms with van der Waals surface area (Å²) in [7, 11) is 0. The molecule has 1 rings (SSSR count). The molecule has 1 aromatic rings. The summed E-state index contributed by atoms with van der Waals surface area (Å²) in [6, 6.07) is 6.79. The van der Waals surface area contributed by atoms with Gasteiger partial charge < -0.3 is 4.74 Å². The number of rotatable bonds is 4. The maximum absolute atomic E-state index is 11.7. The largest absolute Gasteiger partial charge is 0.488 e. The molecule has 0 unspecified atom stereocenters. The highest BCUT2D eigenvalue weighted by molar-refractivity contribution is 5.48. The monoisotopic (exact) mass is 184 g/mol. The Kier molecular flexibility index (Phi) is 3.43. The molecule has 0 bridgehead atoms. The van der Waals surface area contributed by atoms with Gasteiger partial charge in [-0.15, -0.1) is 0 Å². The van der Waals surface area contributed by atoms with E-state index >= 15 is 0 Å². The third-order valence-electron chi connectivity index (χ3n) is 1.49. The van der Waals surface area contributed by atoms with E-state index in [0.29, 0.717) is 5.75 Å². The van der Waals surface area contributed by atoms with Crippen molar-refractivity contribution in [1.29, 1.82) is 0 Å². The lowest BCUT2D eigenvalue weighted by Gasteiger charge is -2.04. The number of ether oxygens (including phenoxy) is 1. The van der Waals surface area contributed by atoms with E-state index in [1.807, 2.05) is 0 Å². The Morgan fingerprint density at radius 3 is 2.38 bits per heavy atom. The molecule has 0 aliphatic rings. The van der Waals surface area contributed by atoms with Gasteiger partial charge in [-0.25, -0.2) is 8.78 Å². The molecule has 0 spiro atoms. The molecule has 0 amide bonds. The van der Waals surface area contributed by atoms with Gasteiger partial charge in [0.25, 0.3) is 6.43 Å². The molecule has 0 aliphatic carbocycles. The van der Waals surface area contributed by atoms with Crippen LogP contribution in [-0.4, -0.2) is 13.0 Å². The molecule has 0 N–H and O–H groups in total. The molecule has 0 radical (unpaired) electrons. The van der Waals surface area contributed by atoms with Crippen LogP contribution in [0.2, 0.25) is 0 Å². The van der Waals surface area contributed by atoms with Gasteiger partial charge >= 0.3 is 0 Å². The predicted octanol–water partition coefficient (Wildman–Crippen LogP) is 2.97. The van der Waals surface area contributed by atoms with Crippen molar-refractivity contribution >= 4 is 6.08 Å². The number of halogens is 2. The van der Waals surface area contributed by atoms with Crippen molar-refractivity contribution in [3.63, 3.8) is 0 Å². The molecule has 0 aliphatic heterocycles. The number of benzene rings is 1. The Hall–Kier alpha value is -1.38. The first-order valence-corrected chi connectivity index (χ1v) is 3.86. The van der Waals surface area contributed by atoms with Crippen LogP contribution < -0.4 is 4.74 Å². The molecular weight excluding hydrogens is 174 g/mol. The van der Waals surface area contributed by atoms with Crippen LogP contribution in [0.5, 0.6) is 5.75 Å². The predicted molar refractivity (Wildman–Crippen MR) is 48.0 cm³/mol. The van der Waals surface area contributed by atoms with Crippen molar-refractivity contribution in [3.05, 3.63) is 36.4 Å². The van der Waals surface area contributed by atoms with Crippen LogP contribution in [0.1, 0.15) is 5.56 Å². The molecule has 0 saturated carbocycles. The summed E-state index contributed by atoms with van der Waals surface area (Å²) in [6.45, 7) is 3.01. The van der Waals surface area contributed by atoms with Crippen molar-refractivity contribution in [3.8, 4) is 5.75 Å². The van der Waals surface area contributed by atoms with Crippen molar-refractivity contribution in [2.75, 3.05) is 6.61 Å². The Balaban J connectivity index is 2.54. The standard InChI is InChI=1S/C10H10F2O/c1-2-8-3-5-9(6-4-8)13-7-10(11)12/h2-6,10H,1,7H2. The SMILES string of the molecule is C=Cc1ccc(OCC(F)F)cc1. The van der Waals surface area contributed by atoms with Gasteiger partial charge in [0.2, 0.25) is 0 Å². The minimum atomic E-state index is -2.43. The fourth-order valence-electron chi connectivity index (χ4n) is 0.859. The van der Waals surface area contributed by atoms with Gasteiger partial charge in [-0.05, 0) is 17.7 Å². The van der Waals surface area contributed by atoms with Crippen LogP contribution in [0.15, 0.2) is 30.8 Å². The molecule has 0 heterocycles. The molecule has 3 heteroatoms. The maximum atomic E-state index is 11.7. The number of hydrogen-bond acceptors (Lipinski definition) is 1. The molecule has 13 heavy (non-hydrogen) atoms. The van der Waals surface area contributed by atoms with Crippen LogP contribution >= 0.6 is 0 Å². The Bertz CT molecular complexity index is 267. The molecule has 70 valence electrons. The van der Waals surface area contributed by atoms with E-state index in [1.54, 1.807) is 30.3 Å². The first-order valence-electron chi connectivity index (χ1n) is 3.86. The van der Waals surface area contributed by atoms with Crippen LogP contribution in [0.3, 0.4) is 0 Å². The third-order valence-corrected chi connectivity index (χ3v) is 1.49. The van der Waals surface area contributed by atoms with E-state index in [1.165, 1.54) is 0 Å². The third kappa shape index (κ3) is 3.23. The zero-order valence-electron chi connectivity index (χ0n) is 7.04. The average Bonchev–Trinajstić information content (AvgIpc) is 2.15. The summed E-state index contributed by atoms with van der Waals surface area (Å²) in [5.74, 6) is 0.450. The lowest BCUT2D eigenvalue weighted by molar-refractivity contribution is 0.0819. The van der Waals surface area contributed by atoms with Gasteiger partial charge in [0.05, 0.1) is 0 Å². The molecule has 0 fully saturated rings. The van der Waals surface area contributed by atoms with E-state index in [4.69, 9.17) is 4.74 Å². The normalized spacial score (nSPS) is 10.1. The summed E-state index contributed by atoms with van der Waals surface area (Å²) in [4.78, 5) is 0. The fraction of sp³-hybridized carbons (Fsp3) is 0.200. The van der Waals surface area contributed by atoms with E-state index in [2.05, 4.69) is 6.58 Å². The summed E-state index contributed by atoms with van der Waals surface area (Å²) < 4.78 is 28.2. The van der Waals surface area contributed by atoms with E-state index in [9.17, 15) is 8.78 Å². The van der Waals surface area contributed by atoms with Crippen molar-refractivity contribution in [1.82, 2.24) is 0 Å². The molecule has 1 aromatic carbocycles. The topological polar surface area (TPSA) is 9.23 Å². The van der Waals surface area contributed by atoms with Gasteiger partial charge in [-0.3, -0.25) is 0 Å². The molecule has 0 atom stereocenters. The minimum Gasteiger partial charge on any atom is -0.488 e. The number of hydrogen-bond donors (Lipinski definition) is 0. The lowest BCUT2D eigenvalue weighted by atomic mass is 10.2. The Morgan fingerprint density at radius 2 is 1.92 bits per heavy atom. The van der Waals surface area contributed by atoms with Gasteiger partial charge in [0.15, 0.2) is 0 Å². The van der Waals surface area contributed by atoms with Crippen molar-refractivity contribution in [2.45, 2.75) is 6.43 Å². The maximum Gasteiger partial charge on any atom is 0.272 e. The highest BCUT2D eigenvalue weighted by atomic mass is 19.3. The van der Waals surface area contributed by atoms with Gasteiger partial charge in [0, 0.05) is 0 Å². The number of alkyl halides is 2. The van der Waals surface area contributed by atoms with E-state index in [0.717, 1.165) is 5.56 Å². The first kappa shape index (κ1) is 9.71. The zero-order chi connectivity index (χ0) is 9.68. The van der Waals surface area contributed by atoms with Gasteiger partial charge in [-0.1, -0.05) is 24.8 Å². The smallest absolute Gasteiger partial charge is 0.272 e. The van der Waals surface area contributed by atoms with Crippen LogP contribution in [0.25, 0.3) is 6.08 Å². The van der Waals surface area contributed by atoms with Crippen LogP contribution in [-0.2, 0) is 0 Å². The summed E-state index contributed by atoms with van der Waals surface area (Å²) >= 11 is 0. The van der Waals surface area contributed by atoms with Gasteiger partial charge in [-0.2, -0.15) is 0 Å². The van der Waals surface area contributed by atoms with Gasteiger partial charge in [0.1, 0.15) is 12.4 Å². The molecule has 0 saturated heterocycles. The minimum absolute atomic E-state index is 0.450. The second kappa shape index (κ2) is 4.60. The second-order valence-corrected chi connectivity index (χ2v) is 2.48.